The standard InChI is InChI=1S/C23H28ClN3O4/c1-30-20-8-7-17(15-21(20)31-2)23(29)27-13-11-26(12-14-27)10-9-22(28)25-16-18-5-3-4-6-19(18)24/h3-8,15H,9-14,16H2,1-2H3,(H,25,28). The third-order valence-corrected chi connectivity index (χ3v) is 5.75. The molecule has 7 nitrogen and oxygen atoms in total. The first kappa shape index (κ1) is 22.9. The van der Waals surface area contributed by atoms with Crippen LogP contribution in [0.1, 0.15) is 22.3 Å². The number of nitrogens with one attached hydrogen (secondary N) is 1. The maximum Gasteiger partial charge on any atom is 0.254 e. The van der Waals surface area contributed by atoms with E-state index in [4.69, 9.17) is 21.1 Å². The number of halogens is 1. The molecule has 0 radical (unpaired) electrons. The van der Waals surface area contributed by atoms with Gasteiger partial charge in [-0.1, -0.05) is 29.8 Å². The van der Waals surface area contributed by atoms with Gasteiger partial charge < -0.3 is 19.7 Å². The van der Waals surface area contributed by atoms with Gasteiger partial charge >= 0.3 is 0 Å². The Morgan fingerprint density at radius 1 is 1.00 bits per heavy atom. The van der Waals surface area contributed by atoms with Crippen LogP contribution in [-0.2, 0) is 11.3 Å². The molecule has 2 amide bonds. The zero-order chi connectivity index (χ0) is 22.2. The summed E-state index contributed by atoms with van der Waals surface area (Å²) >= 11 is 6.12. The quantitative estimate of drug-likeness (QED) is 0.676. The summed E-state index contributed by atoms with van der Waals surface area (Å²) < 4.78 is 10.5. The SMILES string of the molecule is COc1ccc(C(=O)N2CCN(CCC(=O)NCc3ccccc3Cl)CC2)cc1OC. The molecule has 8 heteroatoms. The van der Waals surface area contributed by atoms with E-state index in [1.807, 2.05) is 29.2 Å². The molecule has 0 aromatic heterocycles. The number of ether oxygens (including phenoxy) is 2. The number of amides is 2. The molecule has 0 atom stereocenters. The van der Waals surface area contributed by atoms with Gasteiger partial charge in [0.1, 0.15) is 0 Å². The van der Waals surface area contributed by atoms with Gasteiger partial charge in [0, 0.05) is 56.3 Å². The van der Waals surface area contributed by atoms with E-state index in [0.29, 0.717) is 54.7 Å². The topological polar surface area (TPSA) is 71.1 Å². The molecule has 2 aromatic carbocycles. The summed E-state index contributed by atoms with van der Waals surface area (Å²) in [4.78, 5) is 29.0. The molecule has 0 spiro atoms. The zero-order valence-corrected chi connectivity index (χ0v) is 18.7. The Hall–Kier alpha value is -2.77. The summed E-state index contributed by atoms with van der Waals surface area (Å²) in [6.07, 6.45) is 0.411. The fourth-order valence-electron chi connectivity index (χ4n) is 3.51. The van der Waals surface area contributed by atoms with Crippen molar-refractivity contribution >= 4 is 23.4 Å². The molecule has 0 unspecified atom stereocenters. The van der Waals surface area contributed by atoms with E-state index >= 15 is 0 Å². The summed E-state index contributed by atoms with van der Waals surface area (Å²) in [5.74, 6) is 1.09. The molecule has 0 saturated carbocycles. The van der Waals surface area contributed by atoms with Crippen LogP contribution in [0.5, 0.6) is 11.5 Å². The number of rotatable bonds is 8. The van der Waals surface area contributed by atoms with E-state index < -0.39 is 0 Å². The number of hydrogen-bond acceptors (Lipinski definition) is 5. The van der Waals surface area contributed by atoms with Crippen molar-refractivity contribution in [3.63, 3.8) is 0 Å². The Kier molecular flexibility index (Phi) is 8.14. The molecule has 1 fully saturated rings. The number of piperazine rings is 1. The normalized spacial score (nSPS) is 14.2. The monoisotopic (exact) mass is 445 g/mol. The largest absolute Gasteiger partial charge is 0.493 e. The summed E-state index contributed by atoms with van der Waals surface area (Å²) in [5.41, 5.74) is 1.48. The second-order valence-electron chi connectivity index (χ2n) is 7.32. The third kappa shape index (κ3) is 6.12. The highest BCUT2D eigenvalue weighted by Crippen LogP contribution is 2.28. The molecule has 31 heavy (non-hydrogen) atoms. The number of carbonyl (C=O) groups is 2. The highest BCUT2D eigenvalue weighted by atomic mass is 35.5. The Labute approximate surface area is 187 Å². The van der Waals surface area contributed by atoms with Gasteiger partial charge in [0.2, 0.25) is 5.91 Å². The summed E-state index contributed by atoms with van der Waals surface area (Å²) in [6.45, 7) is 3.79. The van der Waals surface area contributed by atoms with Gasteiger partial charge in [-0.15, -0.1) is 0 Å². The second kappa shape index (κ2) is 11.0. The minimum atomic E-state index is -0.0296. The van der Waals surface area contributed by atoms with Crippen molar-refractivity contribution in [2.24, 2.45) is 0 Å². The predicted octanol–water partition coefficient (Wildman–Crippen LogP) is 2.82. The van der Waals surface area contributed by atoms with Gasteiger partial charge in [-0.05, 0) is 29.8 Å². The van der Waals surface area contributed by atoms with Crippen molar-refractivity contribution in [1.82, 2.24) is 15.1 Å². The van der Waals surface area contributed by atoms with E-state index in [-0.39, 0.29) is 11.8 Å². The molecular formula is C23H28ClN3O4. The first-order valence-electron chi connectivity index (χ1n) is 10.3. The summed E-state index contributed by atoms with van der Waals surface area (Å²) in [7, 11) is 3.12. The zero-order valence-electron chi connectivity index (χ0n) is 17.9. The number of nitrogens with zero attached hydrogens (tertiary/aromatic N) is 2. The van der Waals surface area contributed by atoms with E-state index in [1.165, 1.54) is 0 Å². The van der Waals surface area contributed by atoms with Crippen molar-refractivity contribution in [3.8, 4) is 11.5 Å². The van der Waals surface area contributed by atoms with Crippen LogP contribution >= 0.6 is 11.6 Å². The lowest BCUT2D eigenvalue weighted by atomic mass is 10.1. The Balaban J connectivity index is 1.42. The Morgan fingerprint density at radius 3 is 2.39 bits per heavy atom. The van der Waals surface area contributed by atoms with Crippen LogP contribution in [0.25, 0.3) is 0 Å². The second-order valence-corrected chi connectivity index (χ2v) is 7.73. The van der Waals surface area contributed by atoms with Crippen molar-refractivity contribution < 1.29 is 19.1 Å². The van der Waals surface area contributed by atoms with Crippen LogP contribution in [0.4, 0.5) is 0 Å². The van der Waals surface area contributed by atoms with E-state index in [0.717, 1.165) is 18.7 Å². The Morgan fingerprint density at radius 2 is 1.71 bits per heavy atom. The maximum atomic E-state index is 12.8. The van der Waals surface area contributed by atoms with Crippen LogP contribution in [0.2, 0.25) is 5.02 Å². The predicted molar refractivity (Wildman–Crippen MR) is 120 cm³/mol. The maximum absolute atomic E-state index is 12.8. The highest BCUT2D eigenvalue weighted by molar-refractivity contribution is 6.31. The molecule has 0 aliphatic carbocycles. The van der Waals surface area contributed by atoms with Crippen LogP contribution in [0, 0.1) is 0 Å². The van der Waals surface area contributed by atoms with Gasteiger partial charge in [-0.3, -0.25) is 14.5 Å². The molecule has 166 valence electrons. The lowest BCUT2D eigenvalue weighted by Gasteiger charge is -2.34. The summed E-state index contributed by atoms with van der Waals surface area (Å²) in [6, 6.07) is 12.7. The molecule has 2 aromatic rings. The minimum Gasteiger partial charge on any atom is -0.493 e. The lowest BCUT2D eigenvalue weighted by molar-refractivity contribution is -0.121. The molecule has 1 aliphatic rings. The van der Waals surface area contributed by atoms with Crippen LogP contribution < -0.4 is 14.8 Å². The van der Waals surface area contributed by atoms with Gasteiger partial charge in [0.15, 0.2) is 11.5 Å². The van der Waals surface area contributed by atoms with Gasteiger partial charge in [0.05, 0.1) is 14.2 Å². The van der Waals surface area contributed by atoms with Crippen molar-refractivity contribution in [3.05, 3.63) is 58.6 Å². The summed E-state index contributed by atoms with van der Waals surface area (Å²) in [5, 5.41) is 3.56. The molecular weight excluding hydrogens is 418 g/mol. The van der Waals surface area contributed by atoms with E-state index in [2.05, 4.69) is 10.2 Å². The average Bonchev–Trinajstić information content (AvgIpc) is 2.81. The number of carbonyl (C=O) groups excluding carboxylic acids is 2. The Bertz CT molecular complexity index is 913. The molecule has 1 N–H and O–H groups in total. The highest BCUT2D eigenvalue weighted by Gasteiger charge is 2.23. The molecule has 0 bridgehead atoms. The van der Waals surface area contributed by atoms with Crippen molar-refractivity contribution in [2.75, 3.05) is 46.9 Å². The molecule has 3 rings (SSSR count). The average molecular weight is 446 g/mol. The first-order chi connectivity index (χ1) is 15.0. The third-order valence-electron chi connectivity index (χ3n) is 5.38. The first-order valence-corrected chi connectivity index (χ1v) is 10.6. The smallest absolute Gasteiger partial charge is 0.254 e. The number of benzene rings is 2. The number of methoxy groups -OCH3 is 2. The molecule has 1 heterocycles. The van der Waals surface area contributed by atoms with Gasteiger partial charge in [-0.2, -0.15) is 0 Å². The van der Waals surface area contributed by atoms with Crippen LogP contribution in [0.3, 0.4) is 0 Å². The van der Waals surface area contributed by atoms with Crippen molar-refractivity contribution in [2.45, 2.75) is 13.0 Å². The number of hydrogen-bond donors (Lipinski definition) is 1. The lowest BCUT2D eigenvalue weighted by Crippen LogP contribution is -2.49. The van der Waals surface area contributed by atoms with Gasteiger partial charge in [0.25, 0.3) is 5.91 Å². The fourth-order valence-corrected chi connectivity index (χ4v) is 3.71. The van der Waals surface area contributed by atoms with Crippen LogP contribution in [-0.4, -0.2) is 68.6 Å². The van der Waals surface area contributed by atoms with Crippen molar-refractivity contribution in [1.29, 1.82) is 0 Å². The van der Waals surface area contributed by atoms with E-state index in [9.17, 15) is 9.59 Å². The van der Waals surface area contributed by atoms with E-state index in [1.54, 1.807) is 32.4 Å². The van der Waals surface area contributed by atoms with Crippen LogP contribution in [0.15, 0.2) is 42.5 Å². The molecule has 1 aliphatic heterocycles. The molecule has 1 saturated heterocycles. The van der Waals surface area contributed by atoms with Gasteiger partial charge in [-0.25, -0.2) is 0 Å². The fraction of sp³-hybridized carbons (Fsp3) is 0.391. The minimum absolute atomic E-state index is 0.0104.